The summed E-state index contributed by atoms with van der Waals surface area (Å²) < 4.78 is 1.15. The zero-order valence-corrected chi connectivity index (χ0v) is 11.2. The van der Waals surface area contributed by atoms with Gasteiger partial charge in [0.2, 0.25) is 0 Å². The van der Waals surface area contributed by atoms with Gasteiger partial charge in [0.25, 0.3) is 5.91 Å². The third-order valence-corrected chi connectivity index (χ3v) is 3.68. The number of hydrogen-bond donors (Lipinski definition) is 1. The maximum Gasteiger partial charge on any atom is 0.265 e. The minimum atomic E-state index is -0.258. The van der Waals surface area contributed by atoms with Crippen LogP contribution in [0.1, 0.15) is 43.0 Å². The second-order valence-electron chi connectivity index (χ2n) is 4.93. The summed E-state index contributed by atoms with van der Waals surface area (Å²) in [5.74, 6) is -0.0323. The lowest BCUT2D eigenvalue weighted by atomic mass is 10.2. The summed E-state index contributed by atoms with van der Waals surface area (Å²) in [5.41, 5.74) is 6.00. The number of carbonyl (C=O) groups excluding carboxylic acids is 1. The van der Waals surface area contributed by atoms with E-state index >= 15 is 0 Å². The van der Waals surface area contributed by atoms with Crippen molar-refractivity contribution in [2.24, 2.45) is 0 Å². The van der Waals surface area contributed by atoms with Crippen molar-refractivity contribution in [2.75, 3.05) is 18.8 Å². The van der Waals surface area contributed by atoms with Crippen LogP contribution in [0.5, 0.6) is 0 Å². The highest BCUT2D eigenvalue weighted by Crippen LogP contribution is 2.16. The highest BCUT2D eigenvalue weighted by molar-refractivity contribution is 5.86. The van der Waals surface area contributed by atoms with E-state index in [1.807, 2.05) is 13.0 Å². The van der Waals surface area contributed by atoms with Gasteiger partial charge in [-0.25, -0.2) is 0 Å². The van der Waals surface area contributed by atoms with Crippen molar-refractivity contribution < 1.29 is 4.79 Å². The summed E-state index contributed by atoms with van der Waals surface area (Å²) in [6.07, 6.45) is 6.02. The fraction of sp³-hybridized carbons (Fsp3) is 0.615. The zero-order valence-electron chi connectivity index (χ0n) is 11.2. The van der Waals surface area contributed by atoms with Crippen LogP contribution >= 0.6 is 0 Å². The number of aromatic nitrogens is 2. The highest BCUT2D eigenvalue weighted by Gasteiger charge is 2.25. The predicted octanol–water partition coefficient (Wildman–Crippen LogP) is 1.24. The second kappa shape index (κ2) is 5.85. The molecule has 2 heterocycles. The van der Waals surface area contributed by atoms with Crippen LogP contribution in [-0.2, 0) is 0 Å². The average molecular weight is 261 g/mol. The molecular formula is C13H19N5O. The molecule has 1 aromatic rings. The van der Waals surface area contributed by atoms with Crippen molar-refractivity contribution >= 4 is 11.7 Å². The van der Waals surface area contributed by atoms with E-state index in [0.29, 0.717) is 0 Å². The zero-order chi connectivity index (χ0) is 13.8. The Labute approximate surface area is 112 Å². The fourth-order valence-corrected chi connectivity index (χ4v) is 2.44. The molecule has 0 spiro atoms. The van der Waals surface area contributed by atoms with Crippen molar-refractivity contribution in [3.8, 4) is 6.07 Å². The van der Waals surface area contributed by atoms with Gasteiger partial charge in [0.15, 0.2) is 0 Å². The number of anilines is 1. The second-order valence-corrected chi connectivity index (χ2v) is 4.93. The van der Waals surface area contributed by atoms with Gasteiger partial charge < -0.3 is 5.73 Å². The Bertz CT molecular complexity index is 494. The molecule has 1 aliphatic heterocycles. The third kappa shape index (κ3) is 2.76. The molecule has 6 nitrogen and oxygen atoms in total. The number of likely N-dealkylation sites (tertiary alicyclic amines) is 1. The van der Waals surface area contributed by atoms with Gasteiger partial charge in [-0.3, -0.25) is 9.69 Å². The van der Waals surface area contributed by atoms with Crippen LogP contribution in [0.25, 0.3) is 0 Å². The summed E-state index contributed by atoms with van der Waals surface area (Å²) in [7, 11) is 0. The van der Waals surface area contributed by atoms with Crippen LogP contribution in [0.15, 0.2) is 6.20 Å². The van der Waals surface area contributed by atoms with Crippen LogP contribution < -0.4 is 5.73 Å². The minimum absolute atomic E-state index is 0.133. The molecule has 1 saturated heterocycles. The molecule has 1 fully saturated rings. The van der Waals surface area contributed by atoms with Crippen molar-refractivity contribution in [3.05, 3.63) is 11.8 Å². The summed E-state index contributed by atoms with van der Waals surface area (Å²) >= 11 is 0. The molecule has 6 heteroatoms. The van der Waals surface area contributed by atoms with Crippen LogP contribution in [0.2, 0.25) is 0 Å². The first kappa shape index (κ1) is 13.6. The van der Waals surface area contributed by atoms with E-state index < -0.39 is 0 Å². The van der Waals surface area contributed by atoms with E-state index in [2.05, 4.69) is 10.00 Å². The molecule has 1 atom stereocenters. The monoisotopic (exact) mass is 261 g/mol. The van der Waals surface area contributed by atoms with Crippen LogP contribution in [0.3, 0.4) is 0 Å². The van der Waals surface area contributed by atoms with Gasteiger partial charge in [0, 0.05) is 0 Å². The lowest BCUT2D eigenvalue weighted by molar-refractivity contribution is 0.0741. The number of nitrogens with zero attached hydrogens (tertiary/aromatic N) is 4. The van der Waals surface area contributed by atoms with Crippen molar-refractivity contribution in [2.45, 2.75) is 38.6 Å². The Morgan fingerprint density at radius 2 is 2.05 bits per heavy atom. The summed E-state index contributed by atoms with van der Waals surface area (Å²) in [4.78, 5) is 14.5. The van der Waals surface area contributed by atoms with Crippen molar-refractivity contribution in [3.63, 3.8) is 0 Å². The summed E-state index contributed by atoms with van der Waals surface area (Å²) in [5, 5.41) is 12.8. The van der Waals surface area contributed by atoms with Crippen LogP contribution in [-0.4, -0.2) is 39.7 Å². The van der Waals surface area contributed by atoms with Gasteiger partial charge in [0.05, 0.1) is 12.2 Å². The van der Waals surface area contributed by atoms with Crippen LogP contribution in [0, 0.1) is 11.3 Å². The molecule has 0 radical (unpaired) electrons. The first-order valence-corrected chi connectivity index (χ1v) is 6.67. The summed E-state index contributed by atoms with van der Waals surface area (Å²) in [6, 6.07) is 1.67. The molecule has 0 saturated carbocycles. The van der Waals surface area contributed by atoms with E-state index in [9.17, 15) is 4.79 Å². The Balaban J connectivity index is 2.13. The first-order valence-electron chi connectivity index (χ1n) is 6.67. The maximum absolute atomic E-state index is 12.4. The van der Waals surface area contributed by atoms with Gasteiger partial charge >= 0.3 is 0 Å². The number of rotatable bonds is 2. The summed E-state index contributed by atoms with van der Waals surface area (Å²) in [6.45, 7) is 3.74. The molecule has 0 amide bonds. The normalized spacial score (nSPS) is 18.5. The molecule has 1 aliphatic rings. The van der Waals surface area contributed by atoms with Gasteiger partial charge in [0.1, 0.15) is 17.5 Å². The number of hydrogen-bond acceptors (Lipinski definition) is 5. The topological polar surface area (TPSA) is 87.9 Å². The molecule has 2 rings (SSSR count). The van der Waals surface area contributed by atoms with Crippen molar-refractivity contribution in [1.82, 2.24) is 14.7 Å². The maximum atomic E-state index is 12.4. The van der Waals surface area contributed by atoms with E-state index in [4.69, 9.17) is 11.0 Å². The Hall–Kier alpha value is -1.87. The van der Waals surface area contributed by atoms with E-state index in [1.165, 1.54) is 19.0 Å². The molecule has 1 aromatic heterocycles. The lowest BCUT2D eigenvalue weighted by Crippen LogP contribution is -2.42. The molecular weight excluding hydrogens is 242 g/mol. The minimum Gasteiger partial charge on any atom is -0.382 e. The molecule has 0 unspecified atom stereocenters. The van der Waals surface area contributed by atoms with E-state index in [0.717, 1.165) is 30.6 Å². The molecule has 0 aromatic carbocycles. The fourth-order valence-electron chi connectivity index (χ4n) is 2.44. The van der Waals surface area contributed by atoms with E-state index in [1.54, 1.807) is 0 Å². The molecule has 102 valence electrons. The molecule has 0 aliphatic carbocycles. The SMILES string of the molecule is C[C@H](C(=O)n1ncc(C#N)c1N)N1CCCCCC1. The number of carbonyl (C=O) groups is 1. The number of nitriles is 1. The Morgan fingerprint density at radius 1 is 1.42 bits per heavy atom. The van der Waals surface area contributed by atoms with Crippen LogP contribution in [0.4, 0.5) is 5.82 Å². The van der Waals surface area contributed by atoms with Gasteiger partial charge in [-0.05, 0) is 32.9 Å². The number of nitrogens with two attached hydrogens (primary N) is 1. The molecule has 0 bridgehead atoms. The average Bonchev–Trinajstić information content (AvgIpc) is 2.64. The standard InChI is InChI=1S/C13H19N5O/c1-10(17-6-4-2-3-5-7-17)13(19)18-12(15)11(8-14)9-16-18/h9-10H,2-7,15H2,1H3/t10-/m1/s1. The van der Waals surface area contributed by atoms with Gasteiger partial charge in [-0.2, -0.15) is 15.0 Å². The number of nitrogen functional groups attached to an aromatic ring is 1. The van der Waals surface area contributed by atoms with Gasteiger partial charge in [-0.15, -0.1) is 0 Å². The highest BCUT2D eigenvalue weighted by atomic mass is 16.2. The Morgan fingerprint density at radius 3 is 2.58 bits per heavy atom. The molecule has 2 N–H and O–H groups in total. The largest absolute Gasteiger partial charge is 0.382 e. The third-order valence-electron chi connectivity index (χ3n) is 3.68. The van der Waals surface area contributed by atoms with Crippen molar-refractivity contribution in [1.29, 1.82) is 5.26 Å². The lowest BCUT2D eigenvalue weighted by Gasteiger charge is -2.26. The molecule has 19 heavy (non-hydrogen) atoms. The first-order chi connectivity index (χ1) is 9.15. The Kier molecular flexibility index (Phi) is 4.17. The van der Waals surface area contributed by atoms with E-state index in [-0.39, 0.29) is 23.3 Å². The predicted molar refractivity (Wildman–Crippen MR) is 71.5 cm³/mol. The van der Waals surface area contributed by atoms with Gasteiger partial charge in [-0.1, -0.05) is 12.8 Å². The quantitative estimate of drug-likeness (QED) is 0.865. The smallest absolute Gasteiger partial charge is 0.265 e.